The summed E-state index contributed by atoms with van der Waals surface area (Å²) in [6.07, 6.45) is 10.1. The molecule has 1 aliphatic rings. The Balaban J connectivity index is 1.52. The predicted molar refractivity (Wildman–Crippen MR) is 111 cm³/mol. The summed E-state index contributed by atoms with van der Waals surface area (Å²) in [7, 11) is 0. The van der Waals surface area contributed by atoms with Gasteiger partial charge >= 0.3 is 0 Å². The van der Waals surface area contributed by atoms with Crippen molar-refractivity contribution in [3.63, 3.8) is 0 Å². The molecule has 4 aromatic rings. The molecule has 1 saturated carbocycles. The number of para-hydroxylation sites is 1. The van der Waals surface area contributed by atoms with Crippen molar-refractivity contribution in [2.75, 3.05) is 5.32 Å². The van der Waals surface area contributed by atoms with Crippen molar-refractivity contribution in [2.24, 2.45) is 5.92 Å². The minimum Gasteiger partial charge on any atom is -0.361 e. The zero-order chi connectivity index (χ0) is 18.9. The quantitative estimate of drug-likeness (QED) is 0.507. The molecule has 1 aliphatic carbocycles. The van der Waals surface area contributed by atoms with E-state index in [1.807, 2.05) is 23.1 Å². The van der Waals surface area contributed by atoms with Crippen LogP contribution in [0.25, 0.3) is 21.9 Å². The van der Waals surface area contributed by atoms with Gasteiger partial charge in [0.05, 0.1) is 17.8 Å². The van der Waals surface area contributed by atoms with Crippen LogP contribution >= 0.6 is 0 Å². The van der Waals surface area contributed by atoms with Gasteiger partial charge in [-0.15, -0.1) is 0 Å². The van der Waals surface area contributed by atoms with Gasteiger partial charge in [0.2, 0.25) is 0 Å². The number of aryl methyl sites for hydroxylation is 1. The van der Waals surface area contributed by atoms with E-state index >= 15 is 0 Å². The molecule has 0 aliphatic heterocycles. The number of hydrogen-bond acceptors (Lipinski definition) is 5. The first-order valence-electron chi connectivity index (χ1n) is 10.1. The fourth-order valence-corrected chi connectivity index (χ4v) is 3.81. The standard InChI is InChI=1S/C22H24N6/c1-2-3-10-28-21-19(13-26-28)24-14-25-22(21)27-20(15-8-9-15)17-11-16-6-4-5-7-18(16)23-12-17/h4-7,11-15,20H,2-3,8-10H2,1H3,(H,24,25,27)/t20-/m1/s1. The minimum atomic E-state index is 0.199. The summed E-state index contributed by atoms with van der Waals surface area (Å²) in [4.78, 5) is 13.7. The van der Waals surface area contributed by atoms with Gasteiger partial charge in [0.15, 0.2) is 5.82 Å². The maximum absolute atomic E-state index is 4.67. The molecule has 0 bridgehead atoms. The van der Waals surface area contributed by atoms with E-state index in [-0.39, 0.29) is 6.04 Å². The zero-order valence-corrected chi connectivity index (χ0v) is 16.0. The maximum Gasteiger partial charge on any atom is 0.156 e. The summed E-state index contributed by atoms with van der Waals surface area (Å²) in [6, 6.07) is 10.7. The molecule has 1 N–H and O–H groups in total. The Morgan fingerprint density at radius 2 is 2.00 bits per heavy atom. The Bertz CT molecular complexity index is 1110. The Labute approximate surface area is 164 Å². The van der Waals surface area contributed by atoms with E-state index in [0.717, 1.165) is 41.8 Å². The van der Waals surface area contributed by atoms with E-state index in [1.165, 1.54) is 23.8 Å². The fraction of sp³-hybridized carbons (Fsp3) is 0.364. The molecule has 1 aromatic carbocycles. The lowest BCUT2D eigenvalue weighted by atomic mass is 10.0. The Morgan fingerprint density at radius 1 is 1.11 bits per heavy atom. The topological polar surface area (TPSA) is 68.5 Å². The summed E-state index contributed by atoms with van der Waals surface area (Å²) in [6.45, 7) is 3.07. The average Bonchev–Trinajstić information content (AvgIpc) is 3.49. The van der Waals surface area contributed by atoms with Crippen molar-refractivity contribution in [3.8, 4) is 0 Å². The first-order valence-corrected chi connectivity index (χ1v) is 10.1. The van der Waals surface area contributed by atoms with Crippen molar-refractivity contribution in [1.82, 2.24) is 24.7 Å². The second-order valence-corrected chi connectivity index (χ2v) is 7.60. The number of rotatable bonds is 7. The highest BCUT2D eigenvalue weighted by atomic mass is 15.3. The molecular formula is C22H24N6. The second kappa shape index (κ2) is 7.19. The van der Waals surface area contributed by atoms with Gasteiger partial charge < -0.3 is 5.32 Å². The van der Waals surface area contributed by atoms with Crippen LogP contribution in [0.5, 0.6) is 0 Å². The highest BCUT2D eigenvalue weighted by Crippen LogP contribution is 2.43. The van der Waals surface area contributed by atoms with E-state index in [9.17, 15) is 0 Å². The molecule has 3 aromatic heterocycles. The SMILES string of the molecule is CCCCn1ncc2ncnc(N[C@@H](c3cnc4ccccc4c3)C3CC3)c21. The van der Waals surface area contributed by atoms with E-state index in [0.29, 0.717) is 5.92 Å². The Kier molecular flexibility index (Phi) is 4.39. The van der Waals surface area contributed by atoms with Crippen LogP contribution in [0.3, 0.4) is 0 Å². The third-order valence-corrected chi connectivity index (χ3v) is 5.51. The van der Waals surface area contributed by atoms with Crippen LogP contribution in [-0.2, 0) is 6.54 Å². The summed E-state index contributed by atoms with van der Waals surface area (Å²) in [5.41, 5.74) is 4.13. The number of aromatic nitrogens is 5. The predicted octanol–water partition coefficient (Wildman–Crippen LogP) is 4.74. The van der Waals surface area contributed by atoms with Gasteiger partial charge in [-0.1, -0.05) is 31.5 Å². The third kappa shape index (κ3) is 3.19. The van der Waals surface area contributed by atoms with Crippen LogP contribution in [0.1, 0.15) is 44.2 Å². The highest BCUT2D eigenvalue weighted by Gasteiger charge is 2.33. The van der Waals surface area contributed by atoms with E-state index in [4.69, 9.17) is 0 Å². The minimum absolute atomic E-state index is 0.199. The lowest BCUT2D eigenvalue weighted by Gasteiger charge is -2.20. The maximum atomic E-state index is 4.67. The molecule has 28 heavy (non-hydrogen) atoms. The smallest absolute Gasteiger partial charge is 0.156 e. The molecule has 0 saturated heterocycles. The number of unbranched alkanes of at least 4 members (excludes halogenated alkanes) is 1. The molecular weight excluding hydrogens is 348 g/mol. The van der Waals surface area contributed by atoms with Gasteiger partial charge in [0.25, 0.3) is 0 Å². The number of hydrogen-bond donors (Lipinski definition) is 1. The Morgan fingerprint density at radius 3 is 2.86 bits per heavy atom. The van der Waals surface area contributed by atoms with Crippen LogP contribution in [0, 0.1) is 5.92 Å². The molecule has 142 valence electrons. The number of pyridine rings is 1. The number of fused-ring (bicyclic) bond motifs is 2. The van der Waals surface area contributed by atoms with Crippen molar-refractivity contribution in [3.05, 3.63) is 54.6 Å². The molecule has 0 spiro atoms. The number of nitrogens with one attached hydrogen (secondary N) is 1. The van der Waals surface area contributed by atoms with Gasteiger partial charge in [0.1, 0.15) is 17.4 Å². The highest BCUT2D eigenvalue weighted by molar-refractivity contribution is 5.85. The third-order valence-electron chi connectivity index (χ3n) is 5.51. The molecule has 0 radical (unpaired) electrons. The lowest BCUT2D eigenvalue weighted by Crippen LogP contribution is -2.15. The first kappa shape index (κ1) is 17.1. The monoisotopic (exact) mass is 372 g/mol. The van der Waals surface area contributed by atoms with Gasteiger partial charge in [0, 0.05) is 18.1 Å². The molecule has 1 atom stereocenters. The van der Waals surface area contributed by atoms with Crippen molar-refractivity contribution < 1.29 is 0 Å². The van der Waals surface area contributed by atoms with Crippen molar-refractivity contribution in [1.29, 1.82) is 0 Å². The summed E-state index contributed by atoms with van der Waals surface area (Å²) >= 11 is 0. The van der Waals surface area contributed by atoms with Crippen LogP contribution in [0.2, 0.25) is 0 Å². The van der Waals surface area contributed by atoms with Gasteiger partial charge in [-0.25, -0.2) is 9.97 Å². The molecule has 0 amide bonds. The van der Waals surface area contributed by atoms with Crippen LogP contribution in [0.15, 0.2) is 49.1 Å². The van der Waals surface area contributed by atoms with Gasteiger partial charge in [-0.2, -0.15) is 5.10 Å². The summed E-state index contributed by atoms with van der Waals surface area (Å²) in [5, 5.41) is 9.43. The number of anilines is 1. The number of nitrogens with zero attached hydrogens (tertiary/aromatic N) is 5. The molecule has 5 rings (SSSR count). The van der Waals surface area contributed by atoms with E-state index in [2.05, 4.69) is 56.6 Å². The summed E-state index contributed by atoms with van der Waals surface area (Å²) < 4.78 is 2.03. The molecule has 3 heterocycles. The molecule has 6 nitrogen and oxygen atoms in total. The molecule has 0 unspecified atom stereocenters. The van der Waals surface area contributed by atoms with E-state index < -0.39 is 0 Å². The number of benzene rings is 1. The van der Waals surface area contributed by atoms with Crippen LogP contribution in [0.4, 0.5) is 5.82 Å². The van der Waals surface area contributed by atoms with Crippen molar-refractivity contribution in [2.45, 2.75) is 45.2 Å². The average molecular weight is 372 g/mol. The van der Waals surface area contributed by atoms with Crippen LogP contribution < -0.4 is 5.32 Å². The van der Waals surface area contributed by atoms with Crippen LogP contribution in [-0.4, -0.2) is 24.7 Å². The van der Waals surface area contributed by atoms with Gasteiger partial charge in [-0.3, -0.25) is 9.67 Å². The van der Waals surface area contributed by atoms with Crippen molar-refractivity contribution >= 4 is 27.8 Å². The first-order chi connectivity index (χ1) is 13.8. The fourth-order valence-electron chi connectivity index (χ4n) is 3.81. The largest absolute Gasteiger partial charge is 0.361 e. The zero-order valence-electron chi connectivity index (χ0n) is 16.0. The van der Waals surface area contributed by atoms with Gasteiger partial charge in [-0.05, 0) is 42.9 Å². The second-order valence-electron chi connectivity index (χ2n) is 7.60. The Hall–Kier alpha value is -3.02. The lowest BCUT2D eigenvalue weighted by molar-refractivity contribution is 0.587. The summed E-state index contributed by atoms with van der Waals surface area (Å²) in [5.74, 6) is 1.48. The normalized spacial score (nSPS) is 15.2. The molecule has 1 fully saturated rings. The van der Waals surface area contributed by atoms with E-state index in [1.54, 1.807) is 6.33 Å². The molecule has 6 heteroatoms.